The zero-order valence-corrected chi connectivity index (χ0v) is 10.5. The summed E-state index contributed by atoms with van der Waals surface area (Å²) in [6.07, 6.45) is -4.12. The van der Waals surface area contributed by atoms with Crippen LogP contribution in [-0.2, 0) is 4.74 Å². The molecule has 0 radical (unpaired) electrons. The quantitative estimate of drug-likeness (QED) is 0.501. The minimum atomic E-state index is -1.25. The van der Waals surface area contributed by atoms with Crippen molar-refractivity contribution in [3.63, 3.8) is 0 Å². The summed E-state index contributed by atoms with van der Waals surface area (Å²) < 4.78 is 10.6. The first-order valence-electron chi connectivity index (χ1n) is 6.02. The summed E-state index contributed by atoms with van der Waals surface area (Å²) in [7, 11) is 0. The van der Waals surface area contributed by atoms with Crippen LogP contribution in [-0.4, -0.2) is 57.9 Å². The second-order valence-corrected chi connectivity index (χ2v) is 4.44. The molecule has 1 fully saturated rings. The lowest BCUT2D eigenvalue weighted by Crippen LogP contribution is -2.56. The maximum atomic E-state index is 10.5. The summed E-state index contributed by atoms with van der Waals surface area (Å²) in [6.45, 7) is -0.400. The molecule has 8 nitrogen and oxygen atoms in total. The van der Waals surface area contributed by atoms with Gasteiger partial charge in [0.15, 0.2) is 6.10 Å². The van der Waals surface area contributed by atoms with Crippen molar-refractivity contribution < 1.29 is 29.7 Å². The fourth-order valence-corrected chi connectivity index (χ4v) is 1.94. The van der Waals surface area contributed by atoms with E-state index in [9.17, 15) is 20.3 Å². The standard InChI is InChI=1S/C12H15NO7/c14-5-9-11(15)12(16)10(6-19-9)20-8-3-1-7(2-4-8)13(17)18/h1-4,9-12,14-16H,5-6H2/t9-,10+,11-,12-/m1/s1. The van der Waals surface area contributed by atoms with Crippen LogP contribution in [0.2, 0.25) is 0 Å². The first-order valence-corrected chi connectivity index (χ1v) is 6.02. The van der Waals surface area contributed by atoms with E-state index in [1.54, 1.807) is 0 Å². The molecule has 3 N–H and O–H groups in total. The van der Waals surface area contributed by atoms with Crippen LogP contribution in [0, 0.1) is 10.1 Å². The molecule has 0 unspecified atom stereocenters. The lowest BCUT2D eigenvalue weighted by Gasteiger charge is -2.36. The van der Waals surface area contributed by atoms with E-state index >= 15 is 0 Å². The Hall–Kier alpha value is -1.74. The minimum Gasteiger partial charge on any atom is -0.485 e. The second kappa shape index (κ2) is 6.14. The molecular weight excluding hydrogens is 270 g/mol. The van der Waals surface area contributed by atoms with Gasteiger partial charge in [0.05, 0.1) is 18.1 Å². The van der Waals surface area contributed by atoms with E-state index in [0.717, 1.165) is 0 Å². The SMILES string of the molecule is O=[N+]([O-])c1ccc(O[C@H]2CO[C@H](CO)[C@@H](O)[C@@H]2O)cc1. The molecule has 1 aliphatic rings. The number of hydrogen-bond acceptors (Lipinski definition) is 7. The van der Waals surface area contributed by atoms with Gasteiger partial charge in [0, 0.05) is 12.1 Å². The van der Waals surface area contributed by atoms with Gasteiger partial charge >= 0.3 is 0 Å². The van der Waals surface area contributed by atoms with Crippen molar-refractivity contribution in [2.75, 3.05) is 13.2 Å². The Labute approximate surface area is 114 Å². The monoisotopic (exact) mass is 285 g/mol. The summed E-state index contributed by atoms with van der Waals surface area (Å²) >= 11 is 0. The molecule has 1 aromatic rings. The van der Waals surface area contributed by atoms with Crippen LogP contribution in [0.3, 0.4) is 0 Å². The van der Waals surface area contributed by atoms with Crippen LogP contribution < -0.4 is 4.74 Å². The van der Waals surface area contributed by atoms with Crippen molar-refractivity contribution in [1.29, 1.82) is 0 Å². The topological polar surface area (TPSA) is 122 Å². The number of hydrogen-bond donors (Lipinski definition) is 3. The number of rotatable bonds is 4. The van der Waals surface area contributed by atoms with Gasteiger partial charge < -0.3 is 24.8 Å². The lowest BCUT2D eigenvalue weighted by molar-refractivity contribution is -0.384. The van der Waals surface area contributed by atoms with E-state index < -0.39 is 35.9 Å². The number of nitrogens with zero attached hydrogens (tertiary/aromatic N) is 1. The second-order valence-electron chi connectivity index (χ2n) is 4.44. The predicted octanol–water partition coefficient (Wildman–Crippen LogP) is -0.545. The molecule has 1 saturated heterocycles. The van der Waals surface area contributed by atoms with E-state index in [0.29, 0.717) is 5.75 Å². The van der Waals surface area contributed by atoms with Gasteiger partial charge in [0.25, 0.3) is 5.69 Å². The van der Waals surface area contributed by atoms with Crippen LogP contribution in [0.25, 0.3) is 0 Å². The smallest absolute Gasteiger partial charge is 0.269 e. The molecule has 0 saturated carbocycles. The first kappa shape index (κ1) is 14.7. The first-order chi connectivity index (χ1) is 9.52. The maximum Gasteiger partial charge on any atom is 0.269 e. The van der Waals surface area contributed by atoms with Crippen LogP contribution >= 0.6 is 0 Å². The van der Waals surface area contributed by atoms with E-state index in [2.05, 4.69) is 0 Å². The third kappa shape index (κ3) is 3.05. The largest absolute Gasteiger partial charge is 0.485 e. The normalized spacial score (nSPS) is 29.9. The molecule has 1 heterocycles. The highest BCUT2D eigenvalue weighted by Crippen LogP contribution is 2.23. The van der Waals surface area contributed by atoms with Crippen molar-refractivity contribution >= 4 is 5.69 Å². The van der Waals surface area contributed by atoms with Crippen LogP contribution in [0.1, 0.15) is 0 Å². The number of nitro groups is 1. The van der Waals surface area contributed by atoms with Gasteiger partial charge in [-0.1, -0.05) is 0 Å². The molecule has 0 aromatic heterocycles. The van der Waals surface area contributed by atoms with E-state index in [-0.39, 0.29) is 12.3 Å². The Morgan fingerprint density at radius 3 is 2.50 bits per heavy atom. The third-order valence-electron chi connectivity index (χ3n) is 3.10. The summed E-state index contributed by atoms with van der Waals surface area (Å²) in [6, 6.07) is 5.35. The van der Waals surface area contributed by atoms with E-state index in [4.69, 9.17) is 14.6 Å². The molecule has 1 aliphatic heterocycles. The highest BCUT2D eigenvalue weighted by atomic mass is 16.6. The fourth-order valence-electron chi connectivity index (χ4n) is 1.94. The minimum absolute atomic E-state index is 0.000437. The van der Waals surface area contributed by atoms with Crippen molar-refractivity contribution in [2.24, 2.45) is 0 Å². The zero-order valence-electron chi connectivity index (χ0n) is 10.5. The van der Waals surface area contributed by atoms with Gasteiger partial charge in [-0.3, -0.25) is 10.1 Å². The van der Waals surface area contributed by atoms with E-state index in [1.807, 2.05) is 0 Å². The maximum absolute atomic E-state index is 10.5. The summed E-state index contributed by atoms with van der Waals surface area (Å²) in [4.78, 5) is 9.98. The van der Waals surface area contributed by atoms with Gasteiger partial charge in [-0.05, 0) is 12.1 Å². The molecule has 0 amide bonds. The van der Waals surface area contributed by atoms with E-state index in [1.165, 1.54) is 24.3 Å². The number of aliphatic hydroxyl groups excluding tert-OH is 3. The average molecular weight is 285 g/mol. The lowest BCUT2D eigenvalue weighted by atomic mass is 10.0. The molecule has 20 heavy (non-hydrogen) atoms. The highest BCUT2D eigenvalue weighted by molar-refractivity contribution is 5.36. The Morgan fingerprint density at radius 2 is 1.95 bits per heavy atom. The molecule has 0 spiro atoms. The van der Waals surface area contributed by atoms with Crippen LogP contribution in [0.5, 0.6) is 5.75 Å². The van der Waals surface area contributed by atoms with Gasteiger partial charge in [-0.2, -0.15) is 0 Å². The molecule has 8 heteroatoms. The van der Waals surface area contributed by atoms with Crippen LogP contribution in [0.4, 0.5) is 5.69 Å². The molecular formula is C12H15NO7. The average Bonchev–Trinajstić information content (AvgIpc) is 2.45. The molecule has 0 aliphatic carbocycles. The molecule has 0 bridgehead atoms. The van der Waals surface area contributed by atoms with Crippen molar-refractivity contribution in [2.45, 2.75) is 24.4 Å². The third-order valence-corrected chi connectivity index (χ3v) is 3.10. The summed E-state index contributed by atoms with van der Waals surface area (Å²) in [5, 5.41) is 39.0. The Morgan fingerprint density at radius 1 is 1.30 bits per heavy atom. The van der Waals surface area contributed by atoms with Gasteiger partial charge in [-0.25, -0.2) is 0 Å². The van der Waals surface area contributed by atoms with Crippen molar-refractivity contribution in [1.82, 2.24) is 0 Å². The van der Waals surface area contributed by atoms with Gasteiger partial charge in [0.1, 0.15) is 24.1 Å². The number of non-ortho nitro benzene ring substituents is 1. The number of benzene rings is 1. The van der Waals surface area contributed by atoms with Gasteiger partial charge in [0.2, 0.25) is 0 Å². The molecule has 4 atom stereocenters. The Bertz CT molecular complexity index is 463. The Balaban J connectivity index is 2.01. The molecule has 110 valence electrons. The Kier molecular flexibility index (Phi) is 4.50. The summed E-state index contributed by atoms with van der Waals surface area (Å²) in [5.74, 6) is 0.317. The van der Waals surface area contributed by atoms with Gasteiger partial charge in [-0.15, -0.1) is 0 Å². The van der Waals surface area contributed by atoms with Crippen molar-refractivity contribution in [3.05, 3.63) is 34.4 Å². The van der Waals surface area contributed by atoms with Crippen LogP contribution in [0.15, 0.2) is 24.3 Å². The molecule has 1 aromatic carbocycles. The number of nitro benzene ring substituents is 1. The summed E-state index contributed by atoms with van der Waals surface area (Å²) in [5.41, 5.74) is -0.0711. The fraction of sp³-hybridized carbons (Fsp3) is 0.500. The predicted molar refractivity (Wildman–Crippen MR) is 66.4 cm³/mol. The molecule has 2 rings (SSSR count). The number of aliphatic hydroxyl groups is 3. The van der Waals surface area contributed by atoms with Crippen molar-refractivity contribution in [3.8, 4) is 5.75 Å². The zero-order chi connectivity index (χ0) is 14.7. The highest BCUT2D eigenvalue weighted by Gasteiger charge is 2.39. The number of ether oxygens (including phenoxy) is 2.